The minimum Gasteiger partial charge on any atom is -0.192 e. The normalized spacial score (nSPS) is 14.6. The van der Waals surface area contributed by atoms with E-state index in [0.29, 0.717) is 10.0 Å². The van der Waals surface area contributed by atoms with Crippen molar-refractivity contribution in [3.05, 3.63) is 33.8 Å². The van der Waals surface area contributed by atoms with E-state index in [1.165, 1.54) is 12.1 Å². The van der Waals surface area contributed by atoms with Gasteiger partial charge in [0.15, 0.2) is 0 Å². The van der Waals surface area contributed by atoms with E-state index in [1.54, 1.807) is 6.07 Å². The van der Waals surface area contributed by atoms with Crippen LogP contribution in [-0.2, 0) is 0 Å². The molecule has 0 radical (unpaired) electrons. The molecule has 0 amide bonds. The molecule has 2 heteroatoms. The van der Waals surface area contributed by atoms with Gasteiger partial charge in [0, 0.05) is 8.58 Å². The van der Waals surface area contributed by atoms with Crippen molar-refractivity contribution in [2.75, 3.05) is 0 Å². The van der Waals surface area contributed by atoms with E-state index in [0.717, 1.165) is 0 Å². The Bertz CT molecular complexity index is 365. The summed E-state index contributed by atoms with van der Waals surface area (Å²) in [6, 6.07) is 6.35. The lowest BCUT2D eigenvalue weighted by Crippen LogP contribution is -1.76. The highest BCUT2D eigenvalue weighted by Gasteiger charge is 1.92. The Morgan fingerprint density at radius 2 is 2.40 bits per heavy atom. The number of aryl methyl sites for hydroxylation is 1. The summed E-state index contributed by atoms with van der Waals surface area (Å²) >= 11 is 3.15. The average molecular weight is 199 g/mol. The van der Waals surface area contributed by atoms with Gasteiger partial charge in [-0.25, -0.2) is 0 Å². The molecule has 0 aromatic heterocycles. The first-order valence-electron chi connectivity index (χ1n) is 4.14. The lowest BCUT2D eigenvalue weighted by Gasteiger charge is -1.93. The van der Waals surface area contributed by atoms with E-state index in [2.05, 4.69) is 15.9 Å². The van der Waals surface area contributed by atoms with Gasteiger partial charge >= 0.3 is 0 Å². The lowest BCUT2D eigenvalue weighted by atomic mass is 10.2. The number of hydrogen-bond acceptors (Lipinski definition) is 1. The first-order chi connectivity index (χ1) is 5.93. The third-order valence-corrected chi connectivity index (χ3v) is 1.48. The number of halogens is 1. The van der Waals surface area contributed by atoms with E-state index >= 15 is 0 Å². The highest BCUT2D eigenvalue weighted by atomic mass is 79.9. The minimum atomic E-state index is -2.16. The summed E-state index contributed by atoms with van der Waals surface area (Å²) in [5.74, 6) is 0. The van der Waals surface area contributed by atoms with Gasteiger partial charge in [-0.15, -0.1) is 0 Å². The van der Waals surface area contributed by atoms with Crippen LogP contribution in [0.4, 0.5) is 0 Å². The van der Waals surface area contributed by atoms with Gasteiger partial charge in [-0.1, -0.05) is 15.9 Å². The van der Waals surface area contributed by atoms with Gasteiger partial charge in [0.2, 0.25) is 0 Å². The van der Waals surface area contributed by atoms with Gasteiger partial charge in [0.25, 0.3) is 0 Å². The summed E-state index contributed by atoms with van der Waals surface area (Å²) in [5.41, 5.74) is 0.527. The summed E-state index contributed by atoms with van der Waals surface area (Å²) in [5, 5.41) is 8.60. The van der Waals surface area contributed by atoms with Gasteiger partial charge in [-0.2, -0.15) is 5.26 Å². The molecule has 0 aliphatic carbocycles. The van der Waals surface area contributed by atoms with E-state index in [9.17, 15) is 0 Å². The number of hydrogen-bond donors (Lipinski definition) is 0. The molecule has 1 rings (SSSR count). The van der Waals surface area contributed by atoms with Crippen molar-refractivity contribution in [1.82, 2.24) is 0 Å². The highest BCUT2D eigenvalue weighted by molar-refractivity contribution is 9.10. The van der Waals surface area contributed by atoms with Gasteiger partial charge in [-0.3, -0.25) is 0 Å². The van der Waals surface area contributed by atoms with Crippen LogP contribution in [0.25, 0.3) is 0 Å². The van der Waals surface area contributed by atoms with Crippen molar-refractivity contribution >= 4 is 15.9 Å². The zero-order valence-corrected chi connectivity index (χ0v) is 6.64. The predicted molar refractivity (Wildman–Crippen MR) is 43.6 cm³/mol. The van der Waals surface area contributed by atoms with Crippen LogP contribution in [0, 0.1) is 18.2 Å². The molecule has 0 N–H and O–H groups in total. The van der Waals surface area contributed by atoms with Crippen LogP contribution in [-0.4, -0.2) is 0 Å². The van der Waals surface area contributed by atoms with E-state index < -0.39 is 6.85 Å². The Morgan fingerprint density at radius 1 is 1.60 bits per heavy atom. The molecule has 0 atom stereocenters. The summed E-state index contributed by atoms with van der Waals surface area (Å²) in [4.78, 5) is 0. The van der Waals surface area contributed by atoms with E-state index in [-0.39, 0.29) is 5.56 Å². The van der Waals surface area contributed by atoms with Crippen LogP contribution in [0.3, 0.4) is 0 Å². The number of nitriles is 1. The molecule has 50 valence electrons. The largest absolute Gasteiger partial charge is 0.192 e. The van der Waals surface area contributed by atoms with Crippen molar-refractivity contribution < 1.29 is 4.11 Å². The van der Waals surface area contributed by atoms with Gasteiger partial charge in [-0.05, 0) is 30.6 Å². The maximum Gasteiger partial charge on any atom is 0.0992 e. The second-order valence-corrected chi connectivity index (χ2v) is 2.76. The average Bonchev–Trinajstić information content (AvgIpc) is 2.01. The maximum absolute atomic E-state index is 8.60. The van der Waals surface area contributed by atoms with Crippen LogP contribution in [0.2, 0.25) is 0 Å². The molecule has 0 spiro atoms. The quantitative estimate of drug-likeness (QED) is 0.629. The van der Waals surface area contributed by atoms with Gasteiger partial charge in [0.05, 0.1) is 11.6 Å². The zero-order chi connectivity index (χ0) is 10.1. The Labute approximate surface area is 72.6 Å². The van der Waals surface area contributed by atoms with Gasteiger partial charge in [0.1, 0.15) is 0 Å². The van der Waals surface area contributed by atoms with Gasteiger partial charge < -0.3 is 0 Å². The number of nitrogens with zero attached hydrogens (tertiary/aromatic N) is 1. The fourth-order valence-electron chi connectivity index (χ4n) is 0.654. The van der Waals surface area contributed by atoms with Crippen LogP contribution in [0.15, 0.2) is 22.7 Å². The Hall–Kier alpha value is -0.810. The van der Waals surface area contributed by atoms with Crippen LogP contribution < -0.4 is 0 Å². The smallest absolute Gasteiger partial charge is 0.0992 e. The monoisotopic (exact) mass is 198 g/mol. The third kappa shape index (κ3) is 1.58. The number of benzene rings is 1. The van der Waals surface area contributed by atoms with Crippen molar-refractivity contribution in [3.63, 3.8) is 0 Å². The molecule has 1 aromatic carbocycles. The molecule has 0 fully saturated rings. The molecule has 1 aromatic rings. The van der Waals surface area contributed by atoms with Crippen molar-refractivity contribution in [3.8, 4) is 6.07 Å². The lowest BCUT2D eigenvalue weighted by molar-refractivity contribution is 1.40. The van der Waals surface area contributed by atoms with Crippen molar-refractivity contribution in [2.45, 2.75) is 6.85 Å². The fourth-order valence-corrected chi connectivity index (χ4v) is 1.15. The summed E-state index contributed by atoms with van der Waals surface area (Å²) in [6.45, 7) is -2.16. The Morgan fingerprint density at radius 3 is 3.00 bits per heavy atom. The number of rotatable bonds is 0. The van der Waals surface area contributed by atoms with Crippen molar-refractivity contribution in [1.29, 1.82) is 5.26 Å². The predicted octanol–water partition coefficient (Wildman–Crippen LogP) is 2.63. The molecule has 0 bridgehead atoms. The molecule has 0 unspecified atom stereocenters. The molecule has 0 saturated heterocycles. The molecular weight excluding hydrogens is 190 g/mol. The second-order valence-electron chi connectivity index (χ2n) is 1.84. The molecule has 0 heterocycles. The maximum atomic E-state index is 8.60. The van der Waals surface area contributed by atoms with Crippen LogP contribution in [0.1, 0.15) is 15.2 Å². The fraction of sp³-hybridized carbons (Fsp3) is 0.125. The Kier molecular flexibility index (Phi) is 1.18. The van der Waals surface area contributed by atoms with E-state index in [1.807, 2.05) is 6.07 Å². The zero-order valence-electron chi connectivity index (χ0n) is 8.06. The van der Waals surface area contributed by atoms with E-state index in [4.69, 9.17) is 9.37 Å². The summed E-state index contributed by atoms with van der Waals surface area (Å²) in [6.07, 6.45) is 0. The molecule has 10 heavy (non-hydrogen) atoms. The first-order valence-corrected chi connectivity index (χ1v) is 3.44. The first kappa shape index (κ1) is 4.15. The summed E-state index contributed by atoms with van der Waals surface area (Å²) < 4.78 is 22.0. The summed E-state index contributed by atoms with van der Waals surface area (Å²) in [7, 11) is 0. The molecule has 0 aliphatic heterocycles. The topological polar surface area (TPSA) is 23.8 Å². The molecular formula is C8H6BrN. The van der Waals surface area contributed by atoms with Crippen LogP contribution >= 0.6 is 15.9 Å². The Balaban J connectivity index is 3.26. The molecule has 1 nitrogen and oxygen atoms in total. The molecule has 0 aliphatic rings. The van der Waals surface area contributed by atoms with Crippen LogP contribution in [0.5, 0.6) is 0 Å². The van der Waals surface area contributed by atoms with Crippen molar-refractivity contribution in [2.24, 2.45) is 0 Å². The minimum absolute atomic E-state index is 0.179. The standard InChI is InChI=1S/C8H6BrN/c1-6-2-7(5-10)4-8(9)3-6/h2-4H,1H3/i1D3. The third-order valence-electron chi connectivity index (χ3n) is 1.03. The molecule has 0 saturated carbocycles. The highest BCUT2D eigenvalue weighted by Crippen LogP contribution is 2.13. The SMILES string of the molecule is [2H]C([2H])([2H])c1cc(Br)cc(C#N)c1. The second kappa shape index (κ2) is 2.85.